The highest BCUT2D eigenvalue weighted by Crippen LogP contribution is 2.40. The molecule has 1 N–H and O–H groups in total. The molecule has 158 valence electrons. The molecule has 4 aromatic rings. The first-order chi connectivity index (χ1) is 15.0. The average molecular weight is 485 g/mol. The number of H-pyrrole nitrogens is 1. The smallest absolute Gasteiger partial charge is 0.337 e. The number of nitrogens with one attached hydrogen (secondary N) is 1. The zero-order valence-corrected chi connectivity index (χ0v) is 18.3. The first kappa shape index (κ1) is 20.9. The zero-order valence-electron chi connectivity index (χ0n) is 16.7. The van der Waals surface area contributed by atoms with Crippen molar-refractivity contribution in [3.05, 3.63) is 76.0 Å². The third-order valence-corrected chi connectivity index (χ3v) is 5.32. The van der Waals surface area contributed by atoms with Crippen molar-refractivity contribution in [2.75, 3.05) is 14.2 Å². The van der Waals surface area contributed by atoms with Crippen LogP contribution in [0, 0.1) is 5.82 Å². The number of methoxy groups -OCH3 is 2. The van der Waals surface area contributed by atoms with E-state index in [1.165, 1.54) is 20.3 Å². The lowest BCUT2D eigenvalue weighted by atomic mass is 10.2. The van der Waals surface area contributed by atoms with Gasteiger partial charge in [0.1, 0.15) is 18.2 Å². The molecule has 3 aromatic carbocycles. The molecule has 4 rings (SSSR count). The normalized spacial score (nSPS) is 10.8. The second-order valence-corrected chi connectivity index (χ2v) is 7.53. The summed E-state index contributed by atoms with van der Waals surface area (Å²) in [5.74, 6) is 0.772. The summed E-state index contributed by atoms with van der Waals surface area (Å²) in [5, 5.41) is 0. The Morgan fingerprint density at radius 3 is 2.68 bits per heavy atom. The van der Waals surface area contributed by atoms with Gasteiger partial charge in [-0.2, -0.15) is 0 Å². The SMILES string of the molecule is COC(=O)c1ccc2nc(-c3cc(Br)c(OCc4ccccc4F)c(OC)c3)[nH]c2c1. The number of imidazole rings is 1. The van der Waals surface area contributed by atoms with Crippen LogP contribution in [0.1, 0.15) is 15.9 Å². The first-order valence-electron chi connectivity index (χ1n) is 9.32. The molecular weight excluding hydrogens is 467 g/mol. The third kappa shape index (κ3) is 4.25. The Hall–Kier alpha value is -3.39. The van der Waals surface area contributed by atoms with Gasteiger partial charge in [-0.25, -0.2) is 14.2 Å². The highest BCUT2D eigenvalue weighted by Gasteiger charge is 2.16. The van der Waals surface area contributed by atoms with Gasteiger partial charge >= 0.3 is 5.97 Å². The van der Waals surface area contributed by atoms with Crippen molar-refractivity contribution in [3.63, 3.8) is 0 Å². The summed E-state index contributed by atoms with van der Waals surface area (Å²) in [7, 11) is 2.87. The van der Waals surface area contributed by atoms with Gasteiger partial charge in [-0.05, 0) is 52.3 Å². The van der Waals surface area contributed by atoms with E-state index in [1.807, 2.05) is 6.07 Å². The standard InChI is InChI=1S/C23H18BrFN2O4/c1-29-20-11-15(9-16(24)21(20)31-12-14-5-3-4-6-17(14)25)22-26-18-8-7-13(23(28)30-2)10-19(18)27-22/h3-11H,12H2,1-2H3,(H,26,27). The van der Waals surface area contributed by atoms with E-state index in [1.54, 1.807) is 42.5 Å². The van der Waals surface area contributed by atoms with Crippen LogP contribution in [0.3, 0.4) is 0 Å². The topological polar surface area (TPSA) is 73.4 Å². The van der Waals surface area contributed by atoms with E-state index >= 15 is 0 Å². The number of hydrogen-bond acceptors (Lipinski definition) is 5. The van der Waals surface area contributed by atoms with Gasteiger partial charge in [-0.3, -0.25) is 0 Å². The summed E-state index contributed by atoms with van der Waals surface area (Å²) in [5.41, 5.74) is 3.03. The maximum atomic E-state index is 13.9. The number of carbonyl (C=O) groups is 1. The third-order valence-electron chi connectivity index (χ3n) is 4.74. The Bertz CT molecular complexity index is 1270. The van der Waals surface area contributed by atoms with Crippen LogP contribution in [0.15, 0.2) is 59.1 Å². The molecule has 31 heavy (non-hydrogen) atoms. The maximum Gasteiger partial charge on any atom is 0.337 e. The van der Waals surface area contributed by atoms with Crippen molar-refractivity contribution >= 4 is 32.9 Å². The van der Waals surface area contributed by atoms with Gasteiger partial charge in [0.2, 0.25) is 0 Å². The van der Waals surface area contributed by atoms with E-state index in [0.29, 0.717) is 44.0 Å². The number of nitrogens with zero attached hydrogens (tertiary/aromatic N) is 1. The number of fused-ring (bicyclic) bond motifs is 1. The molecule has 0 bridgehead atoms. The Morgan fingerprint density at radius 2 is 1.94 bits per heavy atom. The second kappa shape index (κ2) is 8.77. The molecule has 0 fully saturated rings. The minimum absolute atomic E-state index is 0.0575. The average Bonchev–Trinajstić information content (AvgIpc) is 3.21. The fourth-order valence-corrected chi connectivity index (χ4v) is 3.71. The number of halogens is 2. The fourth-order valence-electron chi connectivity index (χ4n) is 3.15. The fraction of sp³-hybridized carbons (Fsp3) is 0.130. The van der Waals surface area contributed by atoms with Crippen LogP contribution in [0.2, 0.25) is 0 Å². The van der Waals surface area contributed by atoms with Gasteiger partial charge < -0.3 is 19.2 Å². The van der Waals surface area contributed by atoms with Gasteiger partial charge in [0, 0.05) is 11.1 Å². The summed E-state index contributed by atoms with van der Waals surface area (Å²) in [6.45, 7) is 0.0575. The summed E-state index contributed by atoms with van der Waals surface area (Å²) in [4.78, 5) is 19.6. The Labute approximate surface area is 186 Å². The lowest BCUT2D eigenvalue weighted by molar-refractivity contribution is 0.0601. The molecule has 0 amide bonds. The van der Waals surface area contributed by atoms with Gasteiger partial charge in [0.25, 0.3) is 0 Å². The number of rotatable bonds is 6. The molecule has 8 heteroatoms. The number of aromatic nitrogens is 2. The predicted octanol–water partition coefficient (Wildman–Crippen LogP) is 5.51. The molecule has 0 unspecified atom stereocenters. The quantitative estimate of drug-likeness (QED) is 0.365. The van der Waals surface area contributed by atoms with Crippen LogP contribution in [-0.2, 0) is 11.3 Å². The summed E-state index contributed by atoms with van der Waals surface area (Å²) < 4.78 is 30.6. The first-order valence-corrected chi connectivity index (χ1v) is 10.1. The molecule has 0 aliphatic carbocycles. The van der Waals surface area contributed by atoms with E-state index in [2.05, 4.69) is 25.9 Å². The van der Waals surface area contributed by atoms with E-state index < -0.39 is 5.97 Å². The zero-order chi connectivity index (χ0) is 22.0. The summed E-state index contributed by atoms with van der Waals surface area (Å²) in [6.07, 6.45) is 0. The van der Waals surface area contributed by atoms with Crippen molar-refractivity contribution in [1.82, 2.24) is 9.97 Å². The van der Waals surface area contributed by atoms with Crippen LogP contribution in [-0.4, -0.2) is 30.2 Å². The monoisotopic (exact) mass is 484 g/mol. The Kier molecular flexibility index (Phi) is 5.90. The lowest BCUT2D eigenvalue weighted by Crippen LogP contribution is -2.01. The van der Waals surface area contributed by atoms with E-state index in [0.717, 1.165) is 5.56 Å². The molecule has 0 spiro atoms. The molecule has 0 radical (unpaired) electrons. The largest absolute Gasteiger partial charge is 0.493 e. The molecular formula is C23H18BrFN2O4. The number of ether oxygens (including phenoxy) is 3. The Morgan fingerprint density at radius 1 is 1.13 bits per heavy atom. The van der Waals surface area contributed by atoms with Crippen molar-refractivity contribution in [1.29, 1.82) is 0 Å². The van der Waals surface area contributed by atoms with Gasteiger partial charge in [-0.1, -0.05) is 18.2 Å². The van der Waals surface area contributed by atoms with Crippen molar-refractivity contribution in [2.45, 2.75) is 6.61 Å². The van der Waals surface area contributed by atoms with Crippen LogP contribution < -0.4 is 9.47 Å². The summed E-state index contributed by atoms with van der Waals surface area (Å²) in [6, 6.07) is 15.2. The number of esters is 1. The van der Waals surface area contributed by atoms with Gasteiger partial charge in [0.05, 0.1) is 35.3 Å². The minimum atomic E-state index is -0.418. The van der Waals surface area contributed by atoms with Crippen LogP contribution >= 0.6 is 15.9 Å². The molecule has 0 atom stereocenters. The molecule has 0 aliphatic heterocycles. The molecule has 0 saturated heterocycles. The number of benzene rings is 3. The van der Waals surface area contributed by atoms with Crippen molar-refractivity contribution in [3.8, 4) is 22.9 Å². The molecule has 6 nitrogen and oxygen atoms in total. The van der Waals surface area contributed by atoms with Crippen molar-refractivity contribution in [2.24, 2.45) is 0 Å². The number of carbonyl (C=O) groups excluding carboxylic acids is 1. The van der Waals surface area contributed by atoms with Crippen molar-refractivity contribution < 1.29 is 23.4 Å². The van der Waals surface area contributed by atoms with Crippen LogP contribution in [0.4, 0.5) is 4.39 Å². The van der Waals surface area contributed by atoms with Gasteiger partial charge in [0.15, 0.2) is 11.5 Å². The van der Waals surface area contributed by atoms with E-state index in [-0.39, 0.29) is 12.4 Å². The summed E-state index contributed by atoms with van der Waals surface area (Å²) >= 11 is 3.51. The molecule has 1 aromatic heterocycles. The van der Waals surface area contributed by atoms with Gasteiger partial charge in [-0.15, -0.1) is 0 Å². The number of aromatic amines is 1. The second-order valence-electron chi connectivity index (χ2n) is 6.68. The van der Waals surface area contributed by atoms with E-state index in [9.17, 15) is 9.18 Å². The minimum Gasteiger partial charge on any atom is -0.493 e. The molecule has 1 heterocycles. The van der Waals surface area contributed by atoms with Crippen LogP contribution in [0.5, 0.6) is 11.5 Å². The predicted molar refractivity (Wildman–Crippen MR) is 118 cm³/mol. The Balaban J connectivity index is 1.66. The van der Waals surface area contributed by atoms with Crippen LogP contribution in [0.25, 0.3) is 22.4 Å². The number of hydrogen-bond donors (Lipinski definition) is 1. The molecule has 0 saturated carbocycles. The highest BCUT2D eigenvalue weighted by molar-refractivity contribution is 9.10. The maximum absolute atomic E-state index is 13.9. The van der Waals surface area contributed by atoms with E-state index in [4.69, 9.17) is 14.2 Å². The molecule has 0 aliphatic rings. The lowest BCUT2D eigenvalue weighted by Gasteiger charge is -2.14. The highest BCUT2D eigenvalue weighted by atomic mass is 79.9.